The highest BCUT2D eigenvalue weighted by atomic mass is 16.1. The van der Waals surface area contributed by atoms with Crippen LogP contribution in [0.2, 0.25) is 0 Å². The predicted molar refractivity (Wildman–Crippen MR) is 54.4 cm³/mol. The van der Waals surface area contributed by atoms with Gasteiger partial charge in [-0.15, -0.1) is 0 Å². The molecular weight excluding hydrogens is 174 g/mol. The normalized spacial score (nSPS) is 15.9. The van der Waals surface area contributed by atoms with Gasteiger partial charge in [-0.3, -0.25) is 4.79 Å². The Hall–Kier alpha value is -1.57. The topological polar surface area (TPSA) is 21.5 Å². The number of carbonyl (C=O) groups excluding carboxylic acids is 1. The Labute approximate surface area is 82.2 Å². The van der Waals surface area contributed by atoms with Crippen molar-refractivity contribution < 1.29 is 4.79 Å². The Balaban J connectivity index is 2.30. The van der Waals surface area contributed by atoms with E-state index in [1.807, 2.05) is 18.3 Å². The molecule has 0 fully saturated rings. The molecule has 2 aromatic rings. The van der Waals surface area contributed by atoms with Gasteiger partial charge in [0.05, 0.1) is 0 Å². The molecule has 1 aliphatic carbocycles. The number of Topliss-reactive ketones (excluding diaryl/α,β-unsaturated/α-hetero) is 1. The molecule has 2 nitrogen and oxygen atoms in total. The highest BCUT2D eigenvalue weighted by molar-refractivity contribution is 5.86. The first kappa shape index (κ1) is 7.80. The van der Waals surface area contributed by atoms with Crippen LogP contribution in [0.4, 0.5) is 0 Å². The molecule has 0 spiro atoms. The van der Waals surface area contributed by atoms with Gasteiger partial charge in [-0.05, 0) is 29.7 Å². The van der Waals surface area contributed by atoms with E-state index in [1.54, 1.807) is 0 Å². The maximum atomic E-state index is 11.4. The number of aromatic nitrogens is 1. The molecule has 0 saturated carbocycles. The lowest BCUT2D eigenvalue weighted by Gasteiger charge is -2.09. The summed E-state index contributed by atoms with van der Waals surface area (Å²) < 4.78 is 2.11. The Morgan fingerprint density at radius 3 is 3.07 bits per heavy atom. The fraction of sp³-hybridized carbons (Fsp3) is 0.250. The number of aryl methyl sites for hydroxylation is 1. The zero-order chi connectivity index (χ0) is 9.54. The van der Waals surface area contributed by atoms with Crippen LogP contribution in [0, 0.1) is 0 Å². The van der Waals surface area contributed by atoms with Gasteiger partial charge in [0.25, 0.3) is 0 Å². The standard InChI is InChI=1S/C12H11NO/c14-10-5-4-9-8-13-6-2-1-3-12(13)11(9)7-10/h1-3,6,8H,4-5,7H2. The van der Waals surface area contributed by atoms with Crippen molar-refractivity contribution >= 4 is 11.3 Å². The second-order valence-electron chi connectivity index (χ2n) is 3.84. The molecule has 0 N–H and O–H groups in total. The first-order chi connectivity index (χ1) is 6.84. The Morgan fingerprint density at radius 1 is 1.21 bits per heavy atom. The molecule has 0 saturated heterocycles. The molecule has 3 rings (SSSR count). The van der Waals surface area contributed by atoms with E-state index >= 15 is 0 Å². The monoisotopic (exact) mass is 185 g/mol. The number of pyridine rings is 1. The molecule has 0 radical (unpaired) electrons. The third-order valence-corrected chi connectivity index (χ3v) is 2.93. The highest BCUT2D eigenvalue weighted by Gasteiger charge is 2.18. The summed E-state index contributed by atoms with van der Waals surface area (Å²) in [6, 6.07) is 6.12. The van der Waals surface area contributed by atoms with Crippen molar-refractivity contribution in [2.24, 2.45) is 0 Å². The van der Waals surface area contributed by atoms with Gasteiger partial charge in [0.1, 0.15) is 5.78 Å². The third kappa shape index (κ3) is 1.00. The largest absolute Gasteiger partial charge is 0.323 e. The molecular formula is C12H11NO. The average molecular weight is 185 g/mol. The summed E-state index contributed by atoms with van der Waals surface area (Å²) in [4.78, 5) is 11.4. The molecule has 14 heavy (non-hydrogen) atoms. The summed E-state index contributed by atoms with van der Waals surface area (Å²) in [7, 11) is 0. The fourth-order valence-electron chi connectivity index (χ4n) is 2.21. The zero-order valence-corrected chi connectivity index (χ0v) is 7.86. The molecule has 0 atom stereocenters. The number of rotatable bonds is 0. The average Bonchev–Trinajstić information content (AvgIpc) is 2.56. The van der Waals surface area contributed by atoms with Gasteiger partial charge in [-0.2, -0.15) is 0 Å². The smallest absolute Gasteiger partial charge is 0.137 e. The van der Waals surface area contributed by atoms with Gasteiger partial charge in [-0.1, -0.05) is 6.07 Å². The second-order valence-corrected chi connectivity index (χ2v) is 3.84. The van der Waals surface area contributed by atoms with Crippen LogP contribution >= 0.6 is 0 Å². The van der Waals surface area contributed by atoms with E-state index in [9.17, 15) is 4.79 Å². The van der Waals surface area contributed by atoms with Gasteiger partial charge >= 0.3 is 0 Å². The zero-order valence-electron chi connectivity index (χ0n) is 7.86. The number of nitrogens with zero attached hydrogens (tertiary/aromatic N) is 1. The van der Waals surface area contributed by atoms with Crippen molar-refractivity contribution in [3.05, 3.63) is 41.7 Å². The van der Waals surface area contributed by atoms with Gasteiger partial charge in [0.2, 0.25) is 0 Å². The Kier molecular flexibility index (Phi) is 1.51. The number of fused-ring (bicyclic) bond motifs is 3. The van der Waals surface area contributed by atoms with Crippen molar-refractivity contribution in [1.82, 2.24) is 4.40 Å². The fourth-order valence-corrected chi connectivity index (χ4v) is 2.21. The second kappa shape index (κ2) is 2.71. The third-order valence-electron chi connectivity index (χ3n) is 2.93. The van der Waals surface area contributed by atoms with Crippen molar-refractivity contribution in [2.45, 2.75) is 19.3 Å². The minimum Gasteiger partial charge on any atom is -0.323 e. The van der Waals surface area contributed by atoms with E-state index in [4.69, 9.17) is 0 Å². The summed E-state index contributed by atoms with van der Waals surface area (Å²) >= 11 is 0. The van der Waals surface area contributed by atoms with Crippen LogP contribution in [0.3, 0.4) is 0 Å². The van der Waals surface area contributed by atoms with Crippen LogP contribution in [0.15, 0.2) is 30.6 Å². The van der Waals surface area contributed by atoms with Crippen LogP contribution in [0.5, 0.6) is 0 Å². The maximum absolute atomic E-state index is 11.4. The first-order valence-corrected chi connectivity index (χ1v) is 4.94. The number of ketones is 1. The lowest BCUT2D eigenvalue weighted by molar-refractivity contribution is -0.118. The maximum Gasteiger partial charge on any atom is 0.137 e. The minimum atomic E-state index is 0.370. The lowest BCUT2D eigenvalue weighted by atomic mass is 9.93. The van der Waals surface area contributed by atoms with Crippen molar-refractivity contribution in [3.8, 4) is 0 Å². The van der Waals surface area contributed by atoms with Crippen molar-refractivity contribution in [2.75, 3.05) is 0 Å². The molecule has 0 aromatic carbocycles. The highest BCUT2D eigenvalue weighted by Crippen LogP contribution is 2.24. The number of hydrogen-bond donors (Lipinski definition) is 0. The molecule has 0 unspecified atom stereocenters. The van der Waals surface area contributed by atoms with E-state index in [-0.39, 0.29) is 0 Å². The van der Waals surface area contributed by atoms with Crippen LogP contribution in [0.25, 0.3) is 5.52 Å². The Morgan fingerprint density at radius 2 is 2.14 bits per heavy atom. The molecule has 0 aliphatic heterocycles. The summed E-state index contributed by atoms with van der Waals surface area (Å²) in [6.07, 6.45) is 6.44. The number of hydrogen-bond acceptors (Lipinski definition) is 1. The molecule has 2 heteroatoms. The van der Waals surface area contributed by atoms with Gasteiger partial charge in [-0.25, -0.2) is 0 Å². The van der Waals surface area contributed by atoms with Gasteiger partial charge < -0.3 is 4.40 Å². The van der Waals surface area contributed by atoms with E-state index in [0.29, 0.717) is 18.6 Å². The van der Waals surface area contributed by atoms with Gasteiger partial charge in [0.15, 0.2) is 0 Å². The quantitative estimate of drug-likeness (QED) is 0.615. The van der Waals surface area contributed by atoms with E-state index in [1.165, 1.54) is 16.6 Å². The van der Waals surface area contributed by atoms with Crippen molar-refractivity contribution in [3.63, 3.8) is 0 Å². The number of carbonyl (C=O) groups is 1. The van der Waals surface area contributed by atoms with Crippen molar-refractivity contribution in [1.29, 1.82) is 0 Å². The summed E-state index contributed by atoms with van der Waals surface area (Å²) in [5.74, 6) is 0.370. The lowest BCUT2D eigenvalue weighted by Crippen LogP contribution is -2.11. The van der Waals surface area contributed by atoms with E-state index in [2.05, 4.69) is 16.7 Å². The predicted octanol–water partition coefficient (Wildman–Crippen LogP) is 2.00. The van der Waals surface area contributed by atoms with Gasteiger partial charge in [0, 0.05) is 30.8 Å². The molecule has 0 amide bonds. The summed E-state index contributed by atoms with van der Waals surface area (Å²) in [5.41, 5.74) is 3.77. The van der Waals surface area contributed by atoms with E-state index < -0.39 is 0 Å². The van der Waals surface area contributed by atoms with Crippen LogP contribution < -0.4 is 0 Å². The molecule has 1 aliphatic rings. The van der Waals surface area contributed by atoms with Crippen LogP contribution in [-0.2, 0) is 17.6 Å². The summed E-state index contributed by atoms with van der Waals surface area (Å²) in [5, 5.41) is 0. The van der Waals surface area contributed by atoms with Crippen LogP contribution in [0.1, 0.15) is 17.5 Å². The Bertz CT molecular complexity index is 510. The van der Waals surface area contributed by atoms with Crippen LogP contribution in [-0.4, -0.2) is 10.2 Å². The SMILES string of the molecule is O=C1CCc2cn3ccccc3c2C1. The first-order valence-electron chi connectivity index (χ1n) is 4.94. The van der Waals surface area contributed by atoms with E-state index in [0.717, 1.165) is 6.42 Å². The molecule has 2 heterocycles. The summed E-state index contributed by atoms with van der Waals surface area (Å²) in [6.45, 7) is 0. The molecule has 70 valence electrons. The molecule has 0 bridgehead atoms. The molecule has 2 aromatic heterocycles. The minimum absolute atomic E-state index is 0.370.